The molecule has 0 fully saturated rings. The number of carbonyl (C=O) groups excluding carboxylic acids is 3. The van der Waals surface area contributed by atoms with E-state index in [1.165, 1.54) is 18.3 Å². The first kappa shape index (κ1) is 16.7. The van der Waals surface area contributed by atoms with Crippen molar-refractivity contribution in [3.63, 3.8) is 0 Å². The number of nitrogens with one attached hydrogen (secondary N) is 2. The average Bonchev–Trinajstić information content (AvgIpc) is 2.92. The molecule has 0 saturated heterocycles. The van der Waals surface area contributed by atoms with Crippen molar-refractivity contribution in [1.29, 1.82) is 0 Å². The summed E-state index contributed by atoms with van der Waals surface area (Å²) in [6.07, 6.45) is 0. The van der Waals surface area contributed by atoms with Gasteiger partial charge in [-0.05, 0) is 48.2 Å². The fraction of sp³-hybridized carbons (Fsp3) is 0.188. The maximum Gasteiger partial charge on any atom is 0.349 e. The topological polar surface area (TPSA) is 84.5 Å². The Kier molecular flexibility index (Phi) is 5.48. The van der Waals surface area contributed by atoms with E-state index in [2.05, 4.69) is 10.6 Å². The molecule has 0 aliphatic carbocycles. The minimum atomic E-state index is -0.506. The van der Waals surface area contributed by atoms with Crippen LogP contribution >= 0.6 is 11.3 Å². The van der Waals surface area contributed by atoms with Crippen LogP contribution in [0.2, 0.25) is 0 Å². The van der Waals surface area contributed by atoms with Gasteiger partial charge in [0.15, 0.2) is 6.61 Å². The van der Waals surface area contributed by atoms with Crippen molar-refractivity contribution in [2.75, 3.05) is 17.2 Å². The smallest absolute Gasteiger partial charge is 0.349 e. The quantitative estimate of drug-likeness (QED) is 0.825. The largest absolute Gasteiger partial charge is 0.451 e. The van der Waals surface area contributed by atoms with Gasteiger partial charge < -0.3 is 15.4 Å². The lowest BCUT2D eigenvalue weighted by atomic mass is 10.2. The van der Waals surface area contributed by atoms with E-state index in [4.69, 9.17) is 4.74 Å². The molecule has 0 saturated carbocycles. The van der Waals surface area contributed by atoms with Crippen molar-refractivity contribution in [2.24, 2.45) is 0 Å². The monoisotopic (exact) mass is 332 g/mol. The number of benzene rings is 1. The van der Waals surface area contributed by atoms with Gasteiger partial charge in [-0.15, -0.1) is 11.3 Å². The van der Waals surface area contributed by atoms with Crippen LogP contribution in [0.3, 0.4) is 0 Å². The Morgan fingerprint density at radius 1 is 1.04 bits per heavy atom. The first-order valence-corrected chi connectivity index (χ1v) is 7.72. The van der Waals surface area contributed by atoms with Crippen LogP contribution in [0.25, 0.3) is 0 Å². The molecule has 1 aromatic heterocycles. The molecule has 0 unspecified atom stereocenters. The van der Waals surface area contributed by atoms with Gasteiger partial charge in [0.25, 0.3) is 5.91 Å². The van der Waals surface area contributed by atoms with E-state index in [0.29, 0.717) is 16.3 Å². The second-order valence-electron chi connectivity index (χ2n) is 4.82. The van der Waals surface area contributed by atoms with Gasteiger partial charge in [0, 0.05) is 18.3 Å². The summed E-state index contributed by atoms with van der Waals surface area (Å²) in [6, 6.07) is 8.44. The summed E-state index contributed by atoms with van der Waals surface area (Å²) >= 11 is 1.28. The fourth-order valence-electron chi connectivity index (χ4n) is 1.82. The molecule has 0 aliphatic rings. The van der Waals surface area contributed by atoms with Gasteiger partial charge in [0.2, 0.25) is 5.91 Å². The Labute approximate surface area is 137 Å². The van der Waals surface area contributed by atoms with Crippen molar-refractivity contribution >= 4 is 40.5 Å². The van der Waals surface area contributed by atoms with Crippen LogP contribution < -0.4 is 10.6 Å². The Morgan fingerprint density at radius 2 is 1.65 bits per heavy atom. The summed E-state index contributed by atoms with van der Waals surface area (Å²) in [4.78, 5) is 35.0. The third kappa shape index (κ3) is 4.93. The lowest BCUT2D eigenvalue weighted by molar-refractivity contribution is -0.119. The number of esters is 1. The molecule has 2 aromatic rings. The number of carbonyl (C=O) groups is 3. The van der Waals surface area contributed by atoms with Crippen LogP contribution in [0, 0.1) is 6.92 Å². The van der Waals surface area contributed by atoms with E-state index >= 15 is 0 Å². The first-order valence-electron chi connectivity index (χ1n) is 6.84. The Hall–Kier alpha value is -2.67. The normalized spacial score (nSPS) is 10.0. The minimum absolute atomic E-state index is 0.169. The van der Waals surface area contributed by atoms with Crippen molar-refractivity contribution in [3.8, 4) is 0 Å². The summed E-state index contributed by atoms with van der Waals surface area (Å²) in [6.45, 7) is 2.87. The lowest BCUT2D eigenvalue weighted by Gasteiger charge is -2.07. The predicted molar refractivity (Wildman–Crippen MR) is 88.7 cm³/mol. The molecule has 7 heteroatoms. The van der Waals surface area contributed by atoms with E-state index in [9.17, 15) is 14.4 Å². The molecule has 120 valence electrons. The molecule has 23 heavy (non-hydrogen) atoms. The Bertz CT molecular complexity index is 722. The second-order valence-corrected chi connectivity index (χ2v) is 5.73. The van der Waals surface area contributed by atoms with Crippen LogP contribution in [0.1, 0.15) is 22.2 Å². The minimum Gasteiger partial charge on any atom is -0.451 e. The maximum absolute atomic E-state index is 11.8. The average molecular weight is 332 g/mol. The summed E-state index contributed by atoms with van der Waals surface area (Å²) in [5, 5.41) is 7.03. The molecule has 1 heterocycles. The maximum atomic E-state index is 11.8. The fourth-order valence-corrected chi connectivity index (χ4v) is 2.63. The van der Waals surface area contributed by atoms with Crippen molar-refractivity contribution in [1.82, 2.24) is 0 Å². The van der Waals surface area contributed by atoms with Crippen LogP contribution in [0.4, 0.5) is 11.4 Å². The molecular formula is C16H16N2O4S. The molecule has 0 aliphatic heterocycles. The van der Waals surface area contributed by atoms with E-state index in [1.807, 2.05) is 13.0 Å². The highest BCUT2D eigenvalue weighted by atomic mass is 32.1. The highest BCUT2D eigenvalue weighted by molar-refractivity contribution is 7.12. The molecule has 1 aromatic carbocycles. The summed E-state index contributed by atoms with van der Waals surface area (Å²) in [5.41, 5.74) is 2.01. The third-order valence-electron chi connectivity index (χ3n) is 2.87. The number of hydrogen-bond acceptors (Lipinski definition) is 5. The molecule has 2 amide bonds. The standard InChI is InChI=1S/C16H16N2O4S/c1-10-7-8-23-15(10)16(21)22-9-14(20)18-13-5-3-12(4-6-13)17-11(2)19/h3-8H,9H2,1-2H3,(H,17,19)(H,18,20). The van der Waals surface area contributed by atoms with Gasteiger partial charge in [0.05, 0.1) is 0 Å². The lowest BCUT2D eigenvalue weighted by Crippen LogP contribution is -2.20. The molecule has 6 nitrogen and oxygen atoms in total. The van der Waals surface area contributed by atoms with Crippen molar-refractivity contribution < 1.29 is 19.1 Å². The van der Waals surface area contributed by atoms with Crippen LogP contribution in [-0.2, 0) is 14.3 Å². The SMILES string of the molecule is CC(=O)Nc1ccc(NC(=O)COC(=O)c2sccc2C)cc1. The van der Waals surface area contributed by atoms with Crippen LogP contribution in [0.15, 0.2) is 35.7 Å². The predicted octanol–water partition coefficient (Wildman–Crippen LogP) is 2.81. The zero-order valence-corrected chi connectivity index (χ0v) is 13.5. The highest BCUT2D eigenvalue weighted by Crippen LogP contribution is 2.17. The number of aryl methyl sites for hydroxylation is 1. The summed E-state index contributed by atoms with van der Waals surface area (Å²) in [7, 11) is 0. The molecule has 0 atom stereocenters. The number of hydrogen-bond donors (Lipinski definition) is 2. The van der Waals surface area contributed by atoms with Crippen molar-refractivity contribution in [3.05, 3.63) is 46.2 Å². The summed E-state index contributed by atoms with van der Waals surface area (Å²) in [5.74, 6) is -1.11. The molecule has 0 spiro atoms. The third-order valence-corrected chi connectivity index (χ3v) is 3.87. The molecule has 2 rings (SSSR count). The van der Waals surface area contributed by atoms with Crippen LogP contribution in [0.5, 0.6) is 0 Å². The Morgan fingerprint density at radius 3 is 2.17 bits per heavy atom. The molecule has 2 N–H and O–H groups in total. The van der Waals surface area contributed by atoms with Gasteiger partial charge in [0.1, 0.15) is 4.88 Å². The first-order chi connectivity index (χ1) is 11.0. The van der Waals surface area contributed by atoms with Gasteiger partial charge in [-0.25, -0.2) is 4.79 Å². The van der Waals surface area contributed by atoms with Gasteiger partial charge in [-0.1, -0.05) is 0 Å². The zero-order chi connectivity index (χ0) is 16.8. The molecular weight excluding hydrogens is 316 g/mol. The number of thiophene rings is 1. The summed E-state index contributed by atoms with van der Waals surface area (Å²) < 4.78 is 4.98. The number of amides is 2. The van der Waals surface area contributed by atoms with Crippen molar-refractivity contribution in [2.45, 2.75) is 13.8 Å². The Balaban J connectivity index is 1.84. The van der Waals surface area contributed by atoms with Gasteiger partial charge in [-0.2, -0.15) is 0 Å². The van der Waals surface area contributed by atoms with E-state index < -0.39 is 11.9 Å². The number of rotatable bonds is 5. The van der Waals surface area contributed by atoms with Crippen LogP contribution in [-0.4, -0.2) is 24.4 Å². The zero-order valence-electron chi connectivity index (χ0n) is 12.7. The van der Waals surface area contributed by atoms with E-state index in [0.717, 1.165) is 5.56 Å². The highest BCUT2D eigenvalue weighted by Gasteiger charge is 2.13. The number of ether oxygens (including phenoxy) is 1. The number of anilines is 2. The van der Waals surface area contributed by atoms with E-state index in [1.54, 1.807) is 29.6 Å². The molecule has 0 bridgehead atoms. The van der Waals surface area contributed by atoms with Gasteiger partial charge in [-0.3, -0.25) is 9.59 Å². The van der Waals surface area contributed by atoms with E-state index in [-0.39, 0.29) is 12.5 Å². The van der Waals surface area contributed by atoms with Gasteiger partial charge >= 0.3 is 5.97 Å². The second kappa shape index (κ2) is 7.55. The molecule has 0 radical (unpaired) electrons.